The summed E-state index contributed by atoms with van der Waals surface area (Å²) in [5, 5.41) is 8.47. The second-order valence-electron chi connectivity index (χ2n) is 3.12. The molecule has 0 aromatic carbocycles. The third kappa shape index (κ3) is 31.7. The second-order valence-corrected chi connectivity index (χ2v) is 3.97. The van der Waals surface area contributed by atoms with Crippen LogP contribution in [0.2, 0.25) is 0 Å². The third-order valence-corrected chi connectivity index (χ3v) is 1.60. The van der Waals surface area contributed by atoms with Crippen LogP contribution in [0.1, 0.15) is 39.5 Å². The smallest absolute Gasteiger partial charge is 0.726 e. The Balaban J connectivity index is -0.000000280. The number of hydrogen-bond donors (Lipinski definition) is 2. The maximum absolute atomic E-state index is 10.3. The Bertz CT molecular complexity index is 314. The molecule has 2 N–H and O–H groups in total. The van der Waals surface area contributed by atoms with E-state index >= 15 is 0 Å². The third-order valence-electron chi connectivity index (χ3n) is 1.60. The molecule has 0 aromatic rings. The van der Waals surface area contributed by atoms with E-state index in [0.717, 1.165) is 12.8 Å². The summed E-state index contributed by atoms with van der Waals surface area (Å²) in [6.07, 6.45) is 6.15. The Hall–Kier alpha value is 1.13. The van der Waals surface area contributed by atoms with Crippen LogP contribution in [-0.2, 0) is 15.2 Å². The molecule has 0 heterocycles. The van der Waals surface area contributed by atoms with Crippen LogP contribution in [-0.4, -0.2) is 28.6 Å². The molecule has 96 valence electrons. The van der Waals surface area contributed by atoms with Gasteiger partial charge in [-0.1, -0.05) is 25.8 Å². The molecule has 0 aliphatic carbocycles. The number of rotatable bonds is 5. The Kier molecular flexibility index (Phi) is 18.5. The number of carbonyl (C=O) groups is 1. The minimum atomic E-state index is -4.92. The molecule has 0 saturated carbocycles. The Morgan fingerprint density at radius 1 is 1.35 bits per heavy atom. The van der Waals surface area contributed by atoms with Gasteiger partial charge in [0.25, 0.3) is 0 Å². The summed E-state index contributed by atoms with van der Waals surface area (Å²) < 4.78 is 32.8. The number of unbranched alkanes of at least 4 members (excludes halogenated alkanes) is 3. The molecule has 0 amide bonds. The summed E-state index contributed by atoms with van der Waals surface area (Å²) in [7, 11) is -4.92. The fourth-order valence-corrected chi connectivity index (χ4v) is 0.800. The summed E-state index contributed by atoms with van der Waals surface area (Å²) >= 11 is 0. The first kappa shape index (κ1) is 23.2. The summed E-state index contributed by atoms with van der Waals surface area (Å²) in [5.41, 5.74) is 0.459. The zero-order valence-corrected chi connectivity index (χ0v) is 17.4. The number of carboxylic acid groups (broad SMARTS) is 1. The van der Waals surface area contributed by atoms with Crippen LogP contribution in [0.3, 0.4) is 0 Å². The zero-order valence-electron chi connectivity index (χ0n) is 10.3. The number of hydrogen-bond acceptors (Lipinski definition) is 4. The van der Waals surface area contributed by atoms with E-state index in [0.29, 0.717) is 5.57 Å². The van der Waals surface area contributed by atoms with Crippen molar-refractivity contribution in [3.05, 3.63) is 11.6 Å². The summed E-state index contributed by atoms with van der Waals surface area (Å²) in [5.74, 6) is -0.804. The molecular formula is C9H17CsO6S. The monoisotopic (exact) mass is 386 g/mol. The largest absolute Gasteiger partial charge is 1.00 e. The SMILES string of the molecule is CCCCCC=C(C)C(=O)O.O=S(=O)([O-])O.[Cs+]. The van der Waals surface area contributed by atoms with Crippen molar-refractivity contribution in [1.82, 2.24) is 0 Å². The zero-order chi connectivity index (χ0) is 13.2. The molecule has 0 fully saturated rings. The molecule has 0 saturated heterocycles. The van der Waals surface area contributed by atoms with Crippen LogP contribution in [0.5, 0.6) is 0 Å². The minimum Gasteiger partial charge on any atom is -0.726 e. The molecule has 0 bridgehead atoms. The first-order valence-electron chi connectivity index (χ1n) is 4.76. The van der Waals surface area contributed by atoms with Gasteiger partial charge in [0.05, 0.1) is 0 Å². The van der Waals surface area contributed by atoms with E-state index in [4.69, 9.17) is 22.6 Å². The average Bonchev–Trinajstić information content (AvgIpc) is 2.09. The van der Waals surface area contributed by atoms with Crippen molar-refractivity contribution in [3.8, 4) is 0 Å². The molecular weight excluding hydrogens is 369 g/mol. The fourth-order valence-electron chi connectivity index (χ4n) is 0.800. The molecule has 0 spiro atoms. The van der Waals surface area contributed by atoms with E-state index in [1.54, 1.807) is 13.0 Å². The van der Waals surface area contributed by atoms with Crippen LogP contribution in [0.15, 0.2) is 11.6 Å². The van der Waals surface area contributed by atoms with Crippen molar-refractivity contribution in [1.29, 1.82) is 0 Å². The molecule has 0 aliphatic heterocycles. The quantitative estimate of drug-likeness (QED) is 0.260. The van der Waals surface area contributed by atoms with E-state index in [1.807, 2.05) is 0 Å². The van der Waals surface area contributed by atoms with Crippen molar-refractivity contribution in [2.75, 3.05) is 0 Å². The van der Waals surface area contributed by atoms with Crippen molar-refractivity contribution in [3.63, 3.8) is 0 Å². The Morgan fingerprint density at radius 3 is 2.06 bits per heavy atom. The maximum Gasteiger partial charge on any atom is 1.00 e. The van der Waals surface area contributed by atoms with E-state index in [1.165, 1.54) is 12.8 Å². The normalized spacial score (nSPS) is 10.9. The molecule has 17 heavy (non-hydrogen) atoms. The first-order chi connectivity index (χ1) is 7.18. The van der Waals surface area contributed by atoms with Crippen LogP contribution < -0.4 is 68.9 Å². The van der Waals surface area contributed by atoms with Gasteiger partial charge in [0.15, 0.2) is 0 Å². The molecule has 0 rings (SSSR count). The summed E-state index contributed by atoms with van der Waals surface area (Å²) in [4.78, 5) is 10.3. The van der Waals surface area contributed by atoms with Gasteiger partial charge < -0.3 is 9.66 Å². The number of aliphatic carboxylic acids is 1. The van der Waals surface area contributed by atoms with Crippen LogP contribution >= 0.6 is 0 Å². The van der Waals surface area contributed by atoms with Crippen molar-refractivity contribution >= 4 is 16.4 Å². The van der Waals surface area contributed by atoms with Crippen molar-refractivity contribution in [2.24, 2.45) is 0 Å². The van der Waals surface area contributed by atoms with E-state index < -0.39 is 16.4 Å². The predicted molar refractivity (Wildman–Crippen MR) is 57.9 cm³/mol. The molecule has 8 heteroatoms. The minimum absolute atomic E-state index is 0. The van der Waals surface area contributed by atoms with Gasteiger partial charge in [0.2, 0.25) is 10.4 Å². The van der Waals surface area contributed by atoms with Gasteiger partial charge in [-0.3, -0.25) is 4.55 Å². The Labute approximate surface area is 161 Å². The predicted octanol–water partition coefficient (Wildman–Crippen LogP) is -1.39. The summed E-state index contributed by atoms with van der Waals surface area (Å²) in [6.45, 7) is 3.77. The molecule has 0 radical (unpaired) electrons. The van der Waals surface area contributed by atoms with Crippen LogP contribution in [0.25, 0.3) is 0 Å². The van der Waals surface area contributed by atoms with Gasteiger partial charge in [0, 0.05) is 5.57 Å². The average molecular weight is 386 g/mol. The van der Waals surface area contributed by atoms with Crippen LogP contribution in [0.4, 0.5) is 0 Å². The van der Waals surface area contributed by atoms with E-state index in [9.17, 15) is 4.79 Å². The first-order valence-corrected chi connectivity index (χ1v) is 6.13. The maximum atomic E-state index is 10.3. The number of carboxylic acids is 1. The Morgan fingerprint density at radius 2 is 1.76 bits per heavy atom. The van der Waals surface area contributed by atoms with Gasteiger partial charge in [0.1, 0.15) is 0 Å². The van der Waals surface area contributed by atoms with Crippen LogP contribution in [0, 0.1) is 0 Å². The topological polar surface area (TPSA) is 115 Å². The van der Waals surface area contributed by atoms with Crippen molar-refractivity contribution in [2.45, 2.75) is 39.5 Å². The molecule has 6 nitrogen and oxygen atoms in total. The second kappa shape index (κ2) is 13.6. The molecule has 0 aromatic heterocycles. The number of allylic oxidation sites excluding steroid dienone is 1. The molecule has 0 unspecified atom stereocenters. The van der Waals surface area contributed by atoms with Gasteiger partial charge in [-0.2, -0.15) is 0 Å². The van der Waals surface area contributed by atoms with E-state index in [-0.39, 0.29) is 68.9 Å². The summed E-state index contributed by atoms with van der Waals surface area (Å²) in [6, 6.07) is 0. The molecule has 0 aliphatic rings. The van der Waals surface area contributed by atoms with Gasteiger partial charge in [-0.05, 0) is 19.8 Å². The molecule has 0 atom stereocenters. The van der Waals surface area contributed by atoms with Crippen molar-refractivity contribution < 1.29 is 96.3 Å². The van der Waals surface area contributed by atoms with Gasteiger partial charge in [-0.15, -0.1) is 0 Å². The standard InChI is InChI=1S/C9H16O2.Cs.H2O4S/c1-3-4-5-6-7-8(2)9(10)11;;1-5(2,3)4/h7H,3-6H2,1-2H3,(H,10,11);;(H2,1,2,3,4)/q;+1;/p-1. The van der Waals surface area contributed by atoms with E-state index in [2.05, 4.69) is 6.92 Å². The van der Waals surface area contributed by atoms with Gasteiger partial charge in [-0.25, -0.2) is 13.2 Å². The fraction of sp³-hybridized carbons (Fsp3) is 0.667. The van der Waals surface area contributed by atoms with Gasteiger partial charge >= 0.3 is 74.9 Å².